The van der Waals surface area contributed by atoms with Crippen molar-refractivity contribution in [2.24, 2.45) is 0 Å². The number of amides is 2. The van der Waals surface area contributed by atoms with Gasteiger partial charge in [0.05, 0.1) is 0 Å². The van der Waals surface area contributed by atoms with Crippen LogP contribution < -0.4 is 10.6 Å². The predicted molar refractivity (Wildman–Crippen MR) is 123 cm³/mol. The Morgan fingerprint density at radius 1 is 0.821 bits per heavy atom. The molecule has 0 aliphatic heterocycles. The summed E-state index contributed by atoms with van der Waals surface area (Å²) in [6, 6.07) is 6.46. The zero-order valence-electron chi connectivity index (χ0n) is 19.2. The predicted octanol–water partition coefficient (Wildman–Crippen LogP) is 7.97. The van der Waals surface area contributed by atoms with Gasteiger partial charge in [-0.2, -0.15) is 0 Å². The van der Waals surface area contributed by atoms with Gasteiger partial charge in [-0.3, -0.25) is 0 Å². The van der Waals surface area contributed by atoms with Crippen molar-refractivity contribution in [1.82, 2.24) is 5.32 Å². The lowest BCUT2D eigenvalue weighted by atomic mass is 9.93. The maximum atomic E-state index is 12.6. The molecule has 0 saturated carbocycles. The average Bonchev–Trinajstić information content (AvgIpc) is 2.63. The zero-order chi connectivity index (χ0) is 20.9. The van der Waals surface area contributed by atoms with E-state index in [1.807, 2.05) is 0 Å². The average molecular weight is 389 g/mol. The van der Waals surface area contributed by atoms with Gasteiger partial charge in [-0.15, -0.1) is 0 Å². The van der Waals surface area contributed by atoms with Gasteiger partial charge < -0.3 is 10.6 Å². The summed E-state index contributed by atoms with van der Waals surface area (Å²) in [6.07, 6.45) is 11.6. The maximum Gasteiger partial charge on any atom is 0.319 e. The minimum atomic E-state index is -0.0814. The molecule has 28 heavy (non-hydrogen) atoms. The Morgan fingerprint density at radius 2 is 1.32 bits per heavy atom. The molecule has 0 aliphatic rings. The van der Waals surface area contributed by atoms with Crippen molar-refractivity contribution in [3.8, 4) is 0 Å². The van der Waals surface area contributed by atoms with Gasteiger partial charge in [0.15, 0.2) is 0 Å². The molecule has 0 heterocycles. The molecule has 0 spiro atoms. The van der Waals surface area contributed by atoms with Crippen molar-refractivity contribution in [1.29, 1.82) is 0 Å². The number of rotatable bonds is 13. The number of urea groups is 1. The summed E-state index contributed by atoms with van der Waals surface area (Å²) < 4.78 is 0. The van der Waals surface area contributed by atoms with E-state index >= 15 is 0 Å². The molecule has 1 unspecified atom stereocenters. The van der Waals surface area contributed by atoms with Crippen LogP contribution in [0.5, 0.6) is 0 Å². The summed E-state index contributed by atoms with van der Waals surface area (Å²) in [4.78, 5) is 12.6. The number of carbonyl (C=O) groups excluding carboxylic acids is 1. The molecule has 2 amide bonds. The molecule has 0 bridgehead atoms. The quantitative estimate of drug-likeness (QED) is 0.330. The summed E-state index contributed by atoms with van der Waals surface area (Å²) in [6.45, 7) is 13.1. The standard InChI is InChI=1S/C25H44N2O/c1-7-8-9-10-11-12-13-14-16-21(6)26-25(28)27-24-22(19(2)3)17-15-18-23(24)20(4)5/h15,17-21H,7-14,16H2,1-6H3,(H2,26,27,28). The Balaban J connectivity index is 2.43. The summed E-state index contributed by atoms with van der Waals surface area (Å²) in [7, 11) is 0. The SMILES string of the molecule is CCCCCCCCCCC(C)NC(=O)Nc1c(C(C)C)cccc1C(C)C. The van der Waals surface area contributed by atoms with E-state index in [2.05, 4.69) is 70.4 Å². The number of nitrogens with one attached hydrogen (secondary N) is 2. The van der Waals surface area contributed by atoms with E-state index in [1.54, 1.807) is 0 Å². The van der Waals surface area contributed by atoms with Crippen LogP contribution in [0.4, 0.5) is 10.5 Å². The van der Waals surface area contributed by atoms with Crippen LogP contribution in [-0.4, -0.2) is 12.1 Å². The molecule has 3 heteroatoms. The molecule has 0 radical (unpaired) electrons. The highest BCUT2D eigenvalue weighted by molar-refractivity contribution is 5.91. The zero-order valence-corrected chi connectivity index (χ0v) is 19.2. The third-order valence-corrected chi connectivity index (χ3v) is 5.48. The van der Waals surface area contributed by atoms with Gasteiger partial charge in [0.25, 0.3) is 0 Å². The number of carbonyl (C=O) groups is 1. The lowest BCUT2D eigenvalue weighted by Gasteiger charge is -2.21. The highest BCUT2D eigenvalue weighted by atomic mass is 16.2. The van der Waals surface area contributed by atoms with Crippen LogP contribution >= 0.6 is 0 Å². The fourth-order valence-electron chi connectivity index (χ4n) is 3.73. The number of benzene rings is 1. The van der Waals surface area contributed by atoms with Crippen LogP contribution in [-0.2, 0) is 0 Å². The third-order valence-electron chi connectivity index (χ3n) is 5.48. The van der Waals surface area contributed by atoms with Crippen molar-refractivity contribution in [2.45, 2.75) is 117 Å². The number of anilines is 1. The van der Waals surface area contributed by atoms with Crippen molar-refractivity contribution >= 4 is 11.7 Å². The molecule has 0 aromatic heterocycles. The normalized spacial score (nSPS) is 12.4. The van der Waals surface area contributed by atoms with Crippen molar-refractivity contribution in [3.05, 3.63) is 29.3 Å². The first-order valence-corrected chi connectivity index (χ1v) is 11.6. The molecule has 1 aromatic rings. The number of unbranched alkanes of at least 4 members (excludes halogenated alkanes) is 7. The fourth-order valence-corrected chi connectivity index (χ4v) is 3.73. The number of hydrogen-bond acceptors (Lipinski definition) is 1. The van der Waals surface area contributed by atoms with Gasteiger partial charge in [-0.25, -0.2) is 4.79 Å². The largest absolute Gasteiger partial charge is 0.335 e. The van der Waals surface area contributed by atoms with Crippen LogP contribution in [0.3, 0.4) is 0 Å². The van der Waals surface area contributed by atoms with Gasteiger partial charge in [0, 0.05) is 11.7 Å². The second-order valence-corrected chi connectivity index (χ2v) is 8.88. The minimum absolute atomic E-state index is 0.0814. The molecular formula is C25H44N2O. The topological polar surface area (TPSA) is 41.1 Å². The first-order valence-electron chi connectivity index (χ1n) is 11.6. The molecule has 160 valence electrons. The van der Waals surface area contributed by atoms with Crippen LogP contribution in [0.25, 0.3) is 0 Å². The van der Waals surface area contributed by atoms with Gasteiger partial charge >= 0.3 is 6.03 Å². The van der Waals surface area contributed by atoms with E-state index in [4.69, 9.17) is 0 Å². The third kappa shape index (κ3) is 9.12. The Labute approximate surface area is 174 Å². The van der Waals surface area contributed by atoms with E-state index in [-0.39, 0.29) is 12.1 Å². The first kappa shape index (κ1) is 24.5. The van der Waals surface area contributed by atoms with Crippen LogP contribution in [0.2, 0.25) is 0 Å². The fraction of sp³-hybridized carbons (Fsp3) is 0.720. The maximum absolute atomic E-state index is 12.6. The lowest BCUT2D eigenvalue weighted by Crippen LogP contribution is -2.36. The van der Waals surface area contributed by atoms with Crippen molar-refractivity contribution in [3.63, 3.8) is 0 Å². The van der Waals surface area contributed by atoms with E-state index in [1.165, 1.54) is 62.5 Å². The van der Waals surface area contributed by atoms with Gasteiger partial charge in [-0.05, 0) is 36.3 Å². The van der Waals surface area contributed by atoms with Crippen molar-refractivity contribution < 1.29 is 4.79 Å². The molecule has 1 atom stereocenters. The van der Waals surface area contributed by atoms with Gasteiger partial charge in [0.2, 0.25) is 0 Å². The summed E-state index contributed by atoms with van der Waals surface area (Å²) in [5.41, 5.74) is 3.40. The Morgan fingerprint density at radius 3 is 1.82 bits per heavy atom. The molecule has 1 aromatic carbocycles. The van der Waals surface area contributed by atoms with E-state index < -0.39 is 0 Å². The monoisotopic (exact) mass is 388 g/mol. The highest BCUT2D eigenvalue weighted by Crippen LogP contribution is 2.32. The smallest absolute Gasteiger partial charge is 0.319 e. The lowest BCUT2D eigenvalue weighted by molar-refractivity contribution is 0.248. The highest BCUT2D eigenvalue weighted by Gasteiger charge is 2.16. The van der Waals surface area contributed by atoms with E-state index in [0.717, 1.165) is 12.1 Å². The van der Waals surface area contributed by atoms with Gasteiger partial charge in [-0.1, -0.05) is 104 Å². The Bertz CT molecular complexity index is 539. The molecule has 3 nitrogen and oxygen atoms in total. The molecular weight excluding hydrogens is 344 g/mol. The van der Waals surface area contributed by atoms with Crippen LogP contribution in [0.15, 0.2) is 18.2 Å². The van der Waals surface area contributed by atoms with Crippen LogP contribution in [0, 0.1) is 0 Å². The number of para-hydroxylation sites is 1. The van der Waals surface area contributed by atoms with E-state index in [9.17, 15) is 4.79 Å². The Kier molecular flexibility index (Phi) is 11.9. The summed E-state index contributed by atoms with van der Waals surface area (Å²) in [5, 5.41) is 6.28. The Hall–Kier alpha value is -1.51. The molecule has 1 rings (SSSR count). The molecule has 0 saturated heterocycles. The van der Waals surface area contributed by atoms with Crippen molar-refractivity contribution in [2.75, 3.05) is 5.32 Å². The summed E-state index contributed by atoms with van der Waals surface area (Å²) in [5.74, 6) is 0.757. The minimum Gasteiger partial charge on any atom is -0.335 e. The van der Waals surface area contributed by atoms with E-state index in [0.29, 0.717) is 11.8 Å². The number of hydrogen-bond donors (Lipinski definition) is 2. The second kappa shape index (κ2) is 13.6. The van der Waals surface area contributed by atoms with Crippen LogP contribution in [0.1, 0.15) is 122 Å². The summed E-state index contributed by atoms with van der Waals surface area (Å²) >= 11 is 0. The molecule has 0 aliphatic carbocycles. The second-order valence-electron chi connectivity index (χ2n) is 8.88. The van der Waals surface area contributed by atoms with Gasteiger partial charge in [0.1, 0.15) is 0 Å². The molecule has 0 fully saturated rings. The molecule has 2 N–H and O–H groups in total. The first-order chi connectivity index (χ1) is 13.4.